The van der Waals surface area contributed by atoms with E-state index in [1.54, 1.807) is 0 Å². The minimum absolute atomic E-state index is 0.429. The first-order valence-corrected chi connectivity index (χ1v) is 15.2. The maximum Gasteiger partial charge on any atom is 0.169 e. The molecule has 0 fully saturated rings. The first-order valence-electron chi connectivity index (χ1n) is 15.2. The van der Waals surface area contributed by atoms with Crippen molar-refractivity contribution >= 4 is 55.2 Å². The van der Waals surface area contributed by atoms with Gasteiger partial charge in [0, 0.05) is 27.5 Å². The Hall–Kier alpha value is -6.00. The third kappa shape index (κ3) is 4.30. The minimum atomic E-state index is -0.429. The quantitative estimate of drug-likeness (QED) is 0.212. The Morgan fingerprint density at radius 3 is 1.93 bits per heavy atom. The summed E-state index contributed by atoms with van der Waals surface area (Å²) in [6.07, 6.45) is -0.429. The van der Waals surface area contributed by atoms with Crippen molar-refractivity contribution in [1.82, 2.24) is 5.32 Å². The van der Waals surface area contributed by atoms with Gasteiger partial charge in [-0.05, 0) is 56.9 Å². The maximum atomic E-state index is 6.57. The Bertz CT molecular complexity index is 2460. The molecule has 45 heavy (non-hydrogen) atoms. The van der Waals surface area contributed by atoms with Crippen molar-refractivity contribution in [3.8, 4) is 11.1 Å². The lowest BCUT2D eigenvalue weighted by molar-refractivity contribution is 0.670. The Balaban J connectivity index is 1.27. The zero-order chi connectivity index (χ0) is 29.7. The maximum absolute atomic E-state index is 6.57. The van der Waals surface area contributed by atoms with E-state index in [1.807, 2.05) is 36.4 Å². The molecule has 0 spiro atoms. The zero-order valence-corrected chi connectivity index (χ0v) is 24.3. The monoisotopic (exact) mass is 577 g/mol. The summed E-state index contributed by atoms with van der Waals surface area (Å²) < 4.78 is 6.57. The zero-order valence-electron chi connectivity index (χ0n) is 24.3. The lowest BCUT2D eigenvalue weighted by Crippen LogP contribution is -2.36. The van der Waals surface area contributed by atoms with E-state index in [0.717, 1.165) is 61.4 Å². The van der Waals surface area contributed by atoms with Crippen LogP contribution in [0.4, 0.5) is 0 Å². The Morgan fingerprint density at radius 2 is 1.11 bits per heavy atom. The van der Waals surface area contributed by atoms with Crippen molar-refractivity contribution in [2.75, 3.05) is 0 Å². The molecule has 0 saturated heterocycles. The molecule has 1 aromatic heterocycles. The summed E-state index contributed by atoms with van der Waals surface area (Å²) in [6.45, 7) is 0. The molecular weight excluding hydrogens is 550 g/mol. The predicted molar refractivity (Wildman–Crippen MR) is 186 cm³/mol. The van der Waals surface area contributed by atoms with Crippen LogP contribution in [0.25, 0.3) is 54.6 Å². The van der Waals surface area contributed by atoms with Gasteiger partial charge in [-0.2, -0.15) is 0 Å². The molecule has 1 unspecified atom stereocenters. The van der Waals surface area contributed by atoms with Crippen LogP contribution in [0, 0.1) is 0 Å². The van der Waals surface area contributed by atoms with Crippen LogP contribution in [0.15, 0.2) is 166 Å². The second kappa shape index (κ2) is 10.3. The normalized spacial score (nSPS) is 14.9. The van der Waals surface area contributed by atoms with Crippen LogP contribution in [0.3, 0.4) is 0 Å². The van der Waals surface area contributed by atoms with E-state index in [2.05, 4.69) is 121 Å². The number of nitrogens with one attached hydrogen (secondary N) is 1. The number of amidine groups is 2. The van der Waals surface area contributed by atoms with E-state index >= 15 is 0 Å². The van der Waals surface area contributed by atoms with Crippen LogP contribution >= 0.6 is 0 Å². The molecule has 8 aromatic rings. The Labute approximate surface area is 260 Å². The number of fused-ring (bicyclic) bond motifs is 6. The smallest absolute Gasteiger partial charge is 0.169 e. The van der Waals surface area contributed by atoms with Gasteiger partial charge >= 0.3 is 0 Å². The second-order valence-corrected chi connectivity index (χ2v) is 11.4. The van der Waals surface area contributed by atoms with E-state index in [1.165, 1.54) is 21.5 Å². The Kier molecular flexibility index (Phi) is 5.85. The van der Waals surface area contributed by atoms with E-state index in [9.17, 15) is 0 Å². The molecule has 7 aromatic carbocycles. The van der Waals surface area contributed by atoms with Crippen molar-refractivity contribution < 1.29 is 4.42 Å². The third-order valence-electron chi connectivity index (χ3n) is 8.72. The molecule has 1 atom stereocenters. The second-order valence-electron chi connectivity index (χ2n) is 11.4. The van der Waals surface area contributed by atoms with Crippen molar-refractivity contribution in [2.24, 2.45) is 9.98 Å². The minimum Gasteiger partial charge on any atom is -0.455 e. The predicted octanol–water partition coefficient (Wildman–Crippen LogP) is 10.1. The van der Waals surface area contributed by atoms with Gasteiger partial charge in [-0.25, -0.2) is 9.98 Å². The van der Waals surface area contributed by atoms with Gasteiger partial charge in [-0.15, -0.1) is 0 Å². The molecule has 0 radical (unpaired) electrons. The summed E-state index contributed by atoms with van der Waals surface area (Å²) in [4.78, 5) is 10.5. The van der Waals surface area contributed by atoms with Crippen LogP contribution in [0.2, 0.25) is 0 Å². The first kappa shape index (κ1) is 25.5. The first-order chi connectivity index (χ1) is 22.3. The average Bonchev–Trinajstić information content (AvgIpc) is 3.51. The number of rotatable bonds is 4. The molecule has 4 heteroatoms. The number of aliphatic imine (C=N–C) groups is 2. The number of para-hydroxylation sites is 1. The van der Waals surface area contributed by atoms with Gasteiger partial charge in [0.1, 0.15) is 22.8 Å². The summed E-state index contributed by atoms with van der Waals surface area (Å²) in [5.74, 6) is 1.56. The lowest BCUT2D eigenvalue weighted by atomic mass is 9.97. The third-order valence-corrected chi connectivity index (χ3v) is 8.72. The average molecular weight is 578 g/mol. The molecule has 0 amide bonds. The number of nitrogens with zero attached hydrogens (tertiary/aromatic N) is 2. The lowest BCUT2D eigenvalue weighted by Gasteiger charge is -2.23. The fourth-order valence-electron chi connectivity index (χ4n) is 6.53. The van der Waals surface area contributed by atoms with Crippen molar-refractivity contribution in [3.63, 3.8) is 0 Å². The molecule has 4 nitrogen and oxygen atoms in total. The fraction of sp³-hybridized carbons (Fsp3) is 0.0244. The number of furan rings is 1. The topological polar surface area (TPSA) is 49.9 Å². The standard InChI is InChI=1S/C41H27N3O/c1-3-11-26(12-4-1)32-23-24-34(37-33-17-9-10-18-36(33)45-38(32)37)41-43-39(29-14-5-2-6-15-29)42-40(44-41)30-22-21-28-20-19-27-13-7-8-16-31(27)35(28)25-30/h1-25,40H,(H,42,43,44). The highest BCUT2D eigenvalue weighted by Gasteiger charge is 2.25. The van der Waals surface area contributed by atoms with E-state index in [0.29, 0.717) is 0 Å². The van der Waals surface area contributed by atoms with Gasteiger partial charge in [0.2, 0.25) is 0 Å². The van der Waals surface area contributed by atoms with E-state index < -0.39 is 6.17 Å². The van der Waals surface area contributed by atoms with Gasteiger partial charge in [0.25, 0.3) is 0 Å². The highest BCUT2D eigenvalue weighted by atomic mass is 16.3. The summed E-state index contributed by atoms with van der Waals surface area (Å²) in [6, 6.07) is 52.7. The van der Waals surface area contributed by atoms with Crippen molar-refractivity contribution in [3.05, 3.63) is 168 Å². The van der Waals surface area contributed by atoms with Gasteiger partial charge in [0.15, 0.2) is 6.17 Å². The number of hydrogen-bond acceptors (Lipinski definition) is 4. The number of benzene rings is 7. The SMILES string of the molecule is c1ccc(C2=NC(c3ccc4ccc5ccccc5c4c3)N=C(c3ccc(-c4ccccc4)c4oc5ccccc5c34)N2)cc1. The summed E-state index contributed by atoms with van der Waals surface area (Å²) in [5.41, 5.74) is 6.90. The van der Waals surface area contributed by atoms with Gasteiger partial charge in [-0.1, -0.05) is 127 Å². The van der Waals surface area contributed by atoms with Crippen molar-refractivity contribution in [1.29, 1.82) is 0 Å². The highest BCUT2D eigenvalue weighted by Crippen LogP contribution is 2.39. The fourth-order valence-corrected chi connectivity index (χ4v) is 6.53. The molecular formula is C41H27N3O. The van der Waals surface area contributed by atoms with Gasteiger partial charge in [-0.3, -0.25) is 0 Å². The molecule has 1 N–H and O–H groups in total. The molecule has 9 rings (SSSR count). The largest absolute Gasteiger partial charge is 0.455 e. The molecule has 2 heterocycles. The van der Waals surface area contributed by atoms with Crippen LogP contribution < -0.4 is 5.32 Å². The highest BCUT2D eigenvalue weighted by molar-refractivity contribution is 6.25. The summed E-state index contributed by atoms with van der Waals surface area (Å²) in [7, 11) is 0. The number of hydrogen-bond donors (Lipinski definition) is 1. The van der Waals surface area contributed by atoms with Crippen molar-refractivity contribution in [2.45, 2.75) is 6.17 Å². The molecule has 212 valence electrons. The molecule has 0 saturated carbocycles. The van der Waals surface area contributed by atoms with Gasteiger partial charge < -0.3 is 9.73 Å². The van der Waals surface area contributed by atoms with Crippen LogP contribution in [0.5, 0.6) is 0 Å². The van der Waals surface area contributed by atoms with E-state index in [4.69, 9.17) is 14.4 Å². The molecule has 0 bridgehead atoms. The van der Waals surface area contributed by atoms with Gasteiger partial charge in [0.05, 0.1) is 0 Å². The van der Waals surface area contributed by atoms with E-state index in [-0.39, 0.29) is 0 Å². The molecule has 0 aliphatic carbocycles. The molecule has 1 aliphatic heterocycles. The Morgan fingerprint density at radius 1 is 0.489 bits per heavy atom. The van der Waals surface area contributed by atoms with Crippen LogP contribution in [-0.2, 0) is 0 Å². The summed E-state index contributed by atoms with van der Waals surface area (Å²) in [5, 5.41) is 10.6. The molecule has 1 aliphatic rings. The van der Waals surface area contributed by atoms with Crippen LogP contribution in [0.1, 0.15) is 22.9 Å². The van der Waals surface area contributed by atoms with Crippen LogP contribution in [-0.4, -0.2) is 11.7 Å². The summed E-state index contributed by atoms with van der Waals surface area (Å²) >= 11 is 0.